The predicted octanol–water partition coefficient (Wildman–Crippen LogP) is 5.12. The van der Waals surface area contributed by atoms with Crippen LogP contribution in [-0.4, -0.2) is 11.1 Å². The minimum atomic E-state index is -2.52. The zero-order valence-electron chi connectivity index (χ0n) is 13.0. The number of rotatable bonds is 5. The second kappa shape index (κ2) is 6.78. The molecule has 0 amide bonds. The summed E-state index contributed by atoms with van der Waals surface area (Å²) in [7, 11) is 0. The highest BCUT2D eigenvalue weighted by molar-refractivity contribution is 5.87. The lowest BCUT2D eigenvalue weighted by Gasteiger charge is -2.26. The van der Waals surface area contributed by atoms with Gasteiger partial charge < -0.3 is 9.84 Å². The van der Waals surface area contributed by atoms with Crippen molar-refractivity contribution in [2.24, 2.45) is 0 Å². The Morgan fingerprint density at radius 1 is 0.917 bits per heavy atom. The first-order chi connectivity index (χ1) is 11.2. The molecule has 1 N–H and O–H groups in total. The molecule has 2 aromatic carbocycles. The number of benzene rings is 2. The molecule has 0 atom stereocenters. The molecule has 0 fully saturated rings. The van der Waals surface area contributed by atoms with E-state index in [0.29, 0.717) is 0 Å². The summed E-state index contributed by atoms with van der Waals surface area (Å²) in [5.74, 6) is -1.04. The van der Waals surface area contributed by atoms with Crippen molar-refractivity contribution >= 4 is 5.97 Å². The monoisotopic (exact) mass is 336 g/mol. The summed E-state index contributed by atoms with van der Waals surface area (Å²) in [6.07, 6.45) is -2.52. The highest BCUT2D eigenvalue weighted by Gasteiger charge is 2.23. The van der Waals surface area contributed by atoms with E-state index < -0.39 is 23.5 Å². The summed E-state index contributed by atoms with van der Waals surface area (Å²) in [5, 5.41) is 8.94. The van der Waals surface area contributed by atoms with Crippen LogP contribution in [0.1, 0.15) is 35.3 Å². The van der Waals surface area contributed by atoms with Gasteiger partial charge in [-0.1, -0.05) is 38.1 Å². The summed E-state index contributed by atoms with van der Waals surface area (Å²) in [5.41, 5.74) is 1.44. The number of halogens is 3. The molecule has 0 saturated carbocycles. The Hall–Kier alpha value is -2.76. The van der Waals surface area contributed by atoms with Gasteiger partial charge in [0.2, 0.25) is 0 Å². The van der Waals surface area contributed by atoms with Gasteiger partial charge in [-0.15, -0.1) is 0 Å². The van der Waals surface area contributed by atoms with E-state index in [1.807, 2.05) is 13.8 Å². The summed E-state index contributed by atoms with van der Waals surface area (Å²) < 4.78 is 41.2. The van der Waals surface area contributed by atoms with E-state index in [0.717, 1.165) is 11.1 Å². The molecule has 0 saturated heterocycles. The first-order valence-electron chi connectivity index (χ1n) is 7.05. The average Bonchev–Trinajstić information content (AvgIpc) is 2.55. The van der Waals surface area contributed by atoms with Crippen LogP contribution in [0, 0.1) is 0 Å². The van der Waals surface area contributed by atoms with Crippen LogP contribution in [0.4, 0.5) is 13.2 Å². The minimum absolute atomic E-state index is 0.0407. The molecule has 126 valence electrons. The second-order valence-electron chi connectivity index (χ2n) is 5.67. The van der Waals surface area contributed by atoms with E-state index in [1.54, 1.807) is 24.3 Å². The van der Waals surface area contributed by atoms with Crippen molar-refractivity contribution in [2.45, 2.75) is 19.3 Å². The van der Waals surface area contributed by atoms with Gasteiger partial charge in [0, 0.05) is 5.41 Å². The Balaban J connectivity index is 2.26. The Kier molecular flexibility index (Phi) is 4.97. The third kappa shape index (κ3) is 3.76. The number of aromatic carboxylic acids is 1. The van der Waals surface area contributed by atoms with Crippen molar-refractivity contribution in [3.63, 3.8) is 0 Å². The largest absolute Gasteiger partial charge is 0.478 e. The van der Waals surface area contributed by atoms with Crippen LogP contribution in [-0.2, 0) is 5.41 Å². The van der Waals surface area contributed by atoms with Crippen LogP contribution in [0.5, 0.6) is 5.75 Å². The highest BCUT2D eigenvalue weighted by Crippen LogP contribution is 2.33. The lowest BCUT2D eigenvalue weighted by Crippen LogP contribution is -2.19. The molecule has 0 aromatic heterocycles. The first-order valence-corrected chi connectivity index (χ1v) is 7.05. The maximum Gasteiger partial charge on any atom is 0.344 e. The van der Waals surface area contributed by atoms with Gasteiger partial charge in [0.05, 0.1) is 5.56 Å². The number of carboxylic acid groups (broad SMARTS) is 1. The van der Waals surface area contributed by atoms with Gasteiger partial charge in [-0.3, -0.25) is 0 Å². The average molecular weight is 336 g/mol. The summed E-state index contributed by atoms with van der Waals surface area (Å²) in [4.78, 5) is 10.9. The molecule has 24 heavy (non-hydrogen) atoms. The molecule has 2 rings (SSSR count). The number of carboxylic acids is 1. The molecule has 2 aromatic rings. The predicted molar refractivity (Wildman–Crippen MR) is 82.9 cm³/mol. The van der Waals surface area contributed by atoms with Crippen molar-refractivity contribution in [3.8, 4) is 5.75 Å². The van der Waals surface area contributed by atoms with Crippen molar-refractivity contribution in [3.05, 3.63) is 77.3 Å². The molecule has 0 aliphatic heterocycles. The Labute approximate surface area is 137 Å². The van der Waals surface area contributed by atoms with Gasteiger partial charge in [-0.25, -0.2) is 4.79 Å². The molecule has 0 unspecified atom stereocenters. The third-order valence-electron chi connectivity index (χ3n) is 3.79. The first kappa shape index (κ1) is 17.6. The molecule has 0 aliphatic rings. The number of hydrogen-bond acceptors (Lipinski definition) is 2. The van der Waals surface area contributed by atoms with Gasteiger partial charge in [0.15, 0.2) is 0 Å². The topological polar surface area (TPSA) is 46.5 Å². The zero-order valence-corrected chi connectivity index (χ0v) is 13.0. The normalized spacial score (nSPS) is 11.0. The Morgan fingerprint density at radius 3 is 1.79 bits per heavy atom. The number of carbonyl (C=O) groups is 1. The molecular weight excluding hydrogens is 321 g/mol. The van der Waals surface area contributed by atoms with Gasteiger partial charge >= 0.3 is 18.1 Å². The van der Waals surface area contributed by atoms with Crippen molar-refractivity contribution in [2.75, 3.05) is 0 Å². The van der Waals surface area contributed by atoms with E-state index in [1.165, 1.54) is 24.3 Å². The molecule has 0 radical (unpaired) electrons. The summed E-state index contributed by atoms with van der Waals surface area (Å²) in [6, 6.07) is 10.6. The van der Waals surface area contributed by atoms with Gasteiger partial charge in [0.25, 0.3) is 0 Å². The maximum atomic E-state index is 12.8. The zero-order chi connectivity index (χ0) is 17.9. The van der Waals surface area contributed by atoms with Crippen molar-refractivity contribution in [1.29, 1.82) is 0 Å². The van der Waals surface area contributed by atoms with Crippen LogP contribution < -0.4 is 4.74 Å². The lowest BCUT2D eigenvalue weighted by atomic mass is 9.78. The van der Waals surface area contributed by atoms with Gasteiger partial charge in [-0.05, 0) is 35.4 Å². The standard InChI is InChI=1S/C18H15F3O3/c1-18(2,12-5-3-11(4-6-12)17(22)23)13-7-9-14(10-8-13)24-16(21)15(19)20/h3-10H,1-2H3,(H,22,23). The van der Waals surface area contributed by atoms with Crippen molar-refractivity contribution < 1.29 is 27.8 Å². The lowest BCUT2D eigenvalue weighted by molar-refractivity contribution is 0.0697. The molecule has 0 aliphatic carbocycles. The third-order valence-corrected chi connectivity index (χ3v) is 3.79. The van der Waals surface area contributed by atoms with Gasteiger partial charge in [-0.2, -0.15) is 13.2 Å². The quantitative estimate of drug-likeness (QED) is 0.771. The van der Waals surface area contributed by atoms with E-state index in [2.05, 4.69) is 4.74 Å². The fraction of sp³-hybridized carbons (Fsp3) is 0.167. The van der Waals surface area contributed by atoms with E-state index >= 15 is 0 Å². The Bertz CT molecular complexity index is 759. The van der Waals surface area contributed by atoms with E-state index in [-0.39, 0.29) is 11.3 Å². The highest BCUT2D eigenvalue weighted by atomic mass is 19.3. The summed E-state index contributed by atoms with van der Waals surface area (Å²) in [6.45, 7) is 3.86. The van der Waals surface area contributed by atoms with Gasteiger partial charge in [0.1, 0.15) is 5.75 Å². The smallest absolute Gasteiger partial charge is 0.344 e. The maximum absolute atomic E-state index is 12.8. The van der Waals surface area contributed by atoms with E-state index in [4.69, 9.17) is 5.11 Å². The van der Waals surface area contributed by atoms with Crippen LogP contribution in [0.3, 0.4) is 0 Å². The fourth-order valence-electron chi connectivity index (χ4n) is 2.28. The Morgan fingerprint density at radius 2 is 1.38 bits per heavy atom. The van der Waals surface area contributed by atoms with E-state index in [9.17, 15) is 18.0 Å². The number of ether oxygens (including phenoxy) is 1. The minimum Gasteiger partial charge on any atom is -0.478 e. The van der Waals surface area contributed by atoms with Crippen LogP contribution in [0.2, 0.25) is 0 Å². The fourth-order valence-corrected chi connectivity index (χ4v) is 2.28. The van der Waals surface area contributed by atoms with Crippen LogP contribution in [0.25, 0.3) is 0 Å². The molecule has 6 heteroatoms. The molecule has 0 bridgehead atoms. The SMILES string of the molecule is CC(C)(c1ccc(OC(F)=C(F)F)cc1)c1ccc(C(=O)O)cc1. The van der Waals surface area contributed by atoms with Crippen molar-refractivity contribution in [1.82, 2.24) is 0 Å². The molecule has 3 nitrogen and oxygen atoms in total. The summed E-state index contributed by atoms with van der Waals surface area (Å²) >= 11 is 0. The van der Waals surface area contributed by atoms with Crippen LogP contribution >= 0.6 is 0 Å². The van der Waals surface area contributed by atoms with Crippen LogP contribution in [0.15, 0.2) is 60.6 Å². The molecule has 0 heterocycles. The molecular formula is C18H15F3O3. The second-order valence-corrected chi connectivity index (χ2v) is 5.67. The molecule has 0 spiro atoms. The number of hydrogen-bond donors (Lipinski definition) is 1.